The van der Waals surface area contributed by atoms with Crippen molar-refractivity contribution in [3.05, 3.63) is 12.2 Å². The lowest BCUT2D eigenvalue weighted by atomic mass is 9.69. The molecule has 1 unspecified atom stereocenters. The third kappa shape index (κ3) is 1.03. The molecule has 1 aliphatic carbocycles. The van der Waals surface area contributed by atoms with Crippen LogP contribution in [0.1, 0.15) is 41.0 Å². The van der Waals surface area contributed by atoms with Crippen LogP contribution in [0.3, 0.4) is 0 Å². The van der Waals surface area contributed by atoms with Gasteiger partial charge in [0.15, 0.2) is 0 Å². The molecule has 1 radical (unpaired) electrons. The van der Waals surface area contributed by atoms with Crippen molar-refractivity contribution >= 4 is 0 Å². The zero-order valence-electron chi connectivity index (χ0n) is 8.82. The van der Waals surface area contributed by atoms with Crippen LogP contribution in [0.4, 0.5) is 0 Å². The molecule has 0 N–H and O–H groups in total. The van der Waals surface area contributed by atoms with E-state index in [1.54, 1.807) is 6.92 Å². The molecular weight excluding hydrogens is 148 g/mol. The highest BCUT2D eigenvalue weighted by atomic mass is 16.3. The first-order chi connectivity index (χ1) is 5.11. The zero-order chi connectivity index (χ0) is 9.78. The Morgan fingerprint density at radius 1 is 1.17 bits per heavy atom. The topological polar surface area (TPSA) is 19.9 Å². The van der Waals surface area contributed by atoms with E-state index in [4.69, 9.17) is 0 Å². The van der Waals surface area contributed by atoms with Crippen molar-refractivity contribution in [2.75, 3.05) is 0 Å². The fourth-order valence-electron chi connectivity index (χ4n) is 2.24. The Kier molecular flexibility index (Phi) is 1.74. The minimum Gasteiger partial charge on any atom is -0.225 e. The lowest BCUT2D eigenvalue weighted by molar-refractivity contribution is 0.0135. The van der Waals surface area contributed by atoms with E-state index >= 15 is 0 Å². The van der Waals surface area contributed by atoms with Gasteiger partial charge in [-0.3, -0.25) is 0 Å². The summed E-state index contributed by atoms with van der Waals surface area (Å²) in [6.45, 7) is 14.3. The van der Waals surface area contributed by atoms with E-state index in [-0.39, 0.29) is 10.8 Å². The third-order valence-corrected chi connectivity index (χ3v) is 3.86. The monoisotopic (exact) mass is 167 g/mol. The van der Waals surface area contributed by atoms with Gasteiger partial charge in [-0.1, -0.05) is 34.3 Å². The predicted molar refractivity (Wildman–Crippen MR) is 50.4 cm³/mol. The van der Waals surface area contributed by atoms with Crippen molar-refractivity contribution in [2.24, 2.45) is 10.8 Å². The summed E-state index contributed by atoms with van der Waals surface area (Å²) in [7, 11) is 0. The van der Waals surface area contributed by atoms with Crippen molar-refractivity contribution in [2.45, 2.75) is 46.6 Å². The molecule has 0 spiro atoms. The lowest BCUT2D eigenvalue weighted by Gasteiger charge is -2.34. The maximum atomic E-state index is 12.0. The zero-order valence-corrected chi connectivity index (χ0v) is 8.82. The smallest absolute Gasteiger partial charge is 0.123 e. The van der Waals surface area contributed by atoms with Crippen LogP contribution in [0.5, 0.6) is 0 Å². The minimum atomic E-state index is -0.924. The van der Waals surface area contributed by atoms with E-state index in [0.717, 1.165) is 5.57 Å². The summed E-state index contributed by atoms with van der Waals surface area (Å²) < 4.78 is 0. The standard InChI is InChI=1S/C11H19O/c1-8-10(4,5)9(2,3)7-11(8,6)12/h1,7H2,2-6H3. The molecule has 1 saturated carbocycles. The fourth-order valence-corrected chi connectivity index (χ4v) is 2.24. The SMILES string of the molecule is C=C1C(C)([O])CC(C)(C)C1(C)C. The Hall–Kier alpha value is -0.300. The molecule has 1 rings (SSSR count). The number of hydrogen-bond donors (Lipinski definition) is 0. The van der Waals surface area contributed by atoms with Gasteiger partial charge in [0.1, 0.15) is 5.60 Å². The van der Waals surface area contributed by atoms with Gasteiger partial charge in [-0.2, -0.15) is 0 Å². The molecule has 1 nitrogen and oxygen atoms in total. The third-order valence-electron chi connectivity index (χ3n) is 3.86. The highest BCUT2D eigenvalue weighted by Crippen LogP contribution is 2.58. The fraction of sp³-hybridized carbons (Fsp3) is 0.818. The second-order valence-electron chi connectivity index (χ2n) is 5.40. The number of hydrogen-bond acceptors (Lipinski definition) is 0. The molecule has 1 aliphatic rings. The van der Waals surface area contributed by atoms with Crippen LogP contribution in [-0.2, 0) is 5.11 Å². The summed E-state index contributed by atoms with van der Waals surface area (Å²) >= 11 is 0. The summed E-state index contributed by atoms with van der Waals surface area (Å²) in [5, 5.41) is 12.0. The van der Waals surface area contributed by atoms with E-state index in [1.807, 2.05) is 0 Å². The first kappa shape index (κ1) is 9.79. The van der Waals surface area contributed by atoms with Crippen LogP contribution in [-0.4, -0.2) is 5.60 Å². The van der Waals surface area contributed by atoms with Crippen molar-refractivity contribution < 1.29 is 5.11 Å². The normalized spacial score (nSPS) is 38.7. The van der Waals surface area contributed by atoms with E-state index in [9.17, 15) is 5.11 Å². The second kappa shape index (κ2) is 2.14. The van der Waals surface area contributed by atoms with Crippen molar-refractivity contribution in [1.82, 2.24) is 0 Å². The average molecular weight is 167 g/mol. The van der Waals surface area contributed by atoms with Crippen LogP contribution >= 0.6 is 0 Å². The lowest BCUT2D eigenvalue weighted by Crippen LogP contribution is -2.27. The van der Waals surface area contributed by atoms with Crippen LogP contribution < -0.4 is 0 Å². The van der Waals surface area contributed by atoms with Crippen molar-refractivity contribution in [1.29, 1.82) is 0 Å². The van der Waals surface area contributed by atoms with E-state index in [0.29, 0.717) is 6.42 Å². The van der Waals surface area contributed by atoms with Gasteiger partial charge in [-0.25, -0.2) is 5.11 Å². The molecule has 0 bridgehead atoms. The summed E-state index contributed by atoms with van der Waals surface area (Å²) in [4.78, 5) is 0. The van der Waals surface area contributed by atoms with Crippen LogP contribution in [0.2, 0.25) is 0 Å². The maximum absolute atomic E-state index is 12.0. The maximum Gasteiger partial charge on any atom is 0.123 e. The molecule has 12 heavy (non-hydrogen) atoms. The van der Waals surface area contributed by atoms with E-state index < -0.39 is 5.60 Å². The molecule has 0 amide bonds. The van der Waals surface area contributed by atoms with Crippen molar-refractivity contribution in [3.63, 3.8) is 0 Å². The average Bonchev–Trinajstić information content (AvgIpc) is 1.90. The van der Waals surface area contributed by atoms with Gasteiger partial charge in [0.25, 0.3) is 0 Å². The van der Waals surface area contributed by atoms with Crippen LogP contribution in [0.15, 0.2) is 12.2 Å². The first-order valence-electron chi connectivity index (χ1n) is 4.51. The Bertz CT molecular complexity index is 221. The largest absolute Gasteiger partial charge is 0.225 e. The van der Waals surface area contributed by atoms with Gasteiger partial charge in [0.05, 0.1) is 0 Å². The quantitative estimate of drug-likeness (QED) is 0.494. The van der Waals surface area contributed by atoms with Crippen LogP contribution in [0.25, 0.3) is 0 Å². The highest BCUT2D eigenvalue weighted by molar-refractivity contribution is 5.29. The van der Waals surface area contributed by atoms with Gasteiger partial charge < -0.3 is 0 Å². The molecule has 1 atom stereocenters. The van der Waals surface area contributed by atoms with Crippen molar-refractivity contribution in [3.8, 4) is 0 Å². The van der Waals surface area contributed by atoms with E-state index in [2.05, 4.69) is 34.3 Å². The van der Waals surface area contributed by atoms with E-state index in [1.165, 1.54) is 0 Å². The summed E-state index contributed by atoms with van der Waals surface area (Å²) in [6, 6.07) is 0. The van der Waals surface area contributed by atoms with Crippen LogP contribution in [0, 0.1) is 10.8 Å². The van der Waals surface area contributed by atoms with Gasteiger partial charge >= 0.3 is 0 Å². The Morgan fingerprint density at radius 3 is 1.67 bits per heavy atom. The van der Waals surface area contributed by atoms with Gasteiger partial charge in [-0.15, -0.1) is 0 Å². The number of rotatable bonds is 0. The predicted octanol–water partition coefficient (Wildman–Crippen LogP) is 3.19. The summed E-state index contributed by atoms with van der Waals surface area (Å²) in [5.74, 6) is 0. The molecule has 0 aromatic heterocycles. The molecule has 0 aromatic rings. The summed E-state index contributed by atoms with van der Waals surface area (Å²) in [5.41, 5.74) is -0.00289. The molecular formula is C11H19O. The highest BCUT2D eigenvalue weighted by Gasteiger charge is 2.55. The Morgan fingerprint density at radius 2 is 1.58 bits per heavy atom. The molecule has 1 heteroatoms. The van der Waals surface area contributed by atoms with Gasteiger partial charge in [-0.05, 0) is 29.7 Å². The second-order valence-corrected chi connectivity index (χ2v) is 5.40. The molecule has 1 fully saturated rings. The molecule has 0 saturated heterocycles. The molecule has 0 heterocycles. The molecule has 0 aromatic carbocycles. The van der Waals surface area contributed by atoms with Gasteiger partial charge in [0.2, 0.25) is 0 Å². The summed E-state index contributed by atoms with van der Waals surface area (Å²) in [6.07, 6.45) is 0.700. The minimum absolute atomic E-state index is 0.0243. The Labute approximate surface area is 75.5 Å². The first-order valence-corrected chi connectivity index (χ1v) is 4.51. The molecule has 0 aliphatic heterocycles. The molecule has 69 valence electrons. The van der Waals surface area contributed by atoms with Gasteiger partial charge in [0, 0.05) is 0 Å². The Balaban J connectivity index is 3.14.